The Morgan fingerprint density at radius 2 is 2.05 bits per heavy atom. The number of hydrogen-bond donors (Lipinski definition) is 0. The minimum absolute atomic E-state index is 0.126. The number of ether oxygens (including phenoxy) is 1. The molecule has 0 N–H and O–H groups in total. The number of nitrogens with zero attached hydrogens (tertiary/aromatic N) is 3. The van der Waals surface area contributed by atoms with E-state index in [1.165, 1.54) is 11.1 Å². The van der Waals surface area contributed by atoms with E-state index in [9.17, 15) is 0 Å². The fourth-order valence-corrected chi connectivity index (χ4v) is 3.32. The van der Waals surface area contributed by atoms with Crippen LogP contribution < -0.4 is 4.90 Å². The number of hydrogen-bond acceptors (Lipinski definition) is 5. The van der Waals surface area contributed by atoms with Gasteiger partial charge in [0.15, 0.2) is 0 Å². The van der Waals surface area contributed by atoms with Crippen LogP contribution >= 0.6 is 0 Å². The highest BCUT2D eigenvalue weighted by atomic mass is 16.5. The van der Waals surface area contributed by atoms with Crippen LogP contribution in [0.4, 0.5) is 5.95 Å². The number of fused-ring (bicyclic) bond motifs is 2. The van der Waals surface area contributed by atoms with Gasteiger partial charge in [0.05, 0.1) is 13.2 Å². The second kappa shape index (κ2) is 4.56. The standard InChI is InChI=1S/C17H21N3O2/c1-16(2,3)14-18-15(19-22-14)20-9-8-17(11-20)13-7-5-4-6-12(13)10-21-17/h4-7H,8-11H2,1-3H3. The number of rotatable bonds is 1. The molecule has 0 radical (unpaired) electrons. The molecule has 1 fully saturated rings. The minimum atomic E-state index is -0.209. The van der Waals surface area contributed by atoms with Crippen molar-refractivity contribution in [1.29, 1.82) is 0 Å². The molecule has 1 unspecified atom stereocenters. The molecular weight excluding hydrogens is 278 g/mol. The van der Waals surface area contributed by atoms with Crippen LogP contribution in [0.2, 0.25) is 0 Å². The Morgan fingerprint density at radius 1 is 1.23 bits per heavy atom. The molecule has 1 atom stereocenters. The quantitative estimate of drug-likeness (QED) is 0.810. The van der Waals surface area contributed by atoms with Crippen molar-refractivity contribution in [2.45, 2.75) is 44.8 Å². The Hall–Kier alpha value is -1.88. The number of aromatic nitrogens is 2. The van der Waals surface area contributed by atoms with Crippen molar-refractivity contribution in [3.8, 4) is 0 Å². The molecule has 2 aliphatic heterocycles. The van der Waals surface area contributed by atoms with Gasteiger partial charge in [-0.15, -0.1) is 0 Å². The lowest BCUT2D eigenvalue weighted by molar-refractivity contribution is -0.0205. The summed E-state index contributed by atoms with van der Waals surface area (Å²) < 4.78 is 11.6. The van der Waals surface area contributed by atoms with E-state index >= 15 is 0 Å². The molecule has 2 aromatic rings. The third-order valence-corrected chi connectivity index (χ3v) is 4.58. The maximum absolute atomic E-state index is 6.17. The lowest BCUT2D eigenvalue weighted by Crippen LogP contribution is -2.31. The predicted octanol–water partition coefficient (Wildman–Crippen LogP) is 3.00. The average Bonchev–Trinajstić information content (AvgIpc) is 3.19. The van der Waals surface area contributed by atoms with Crippen molar-refractivity contribution in [3.05, 3.63) is 41.3 Å². The van der Waals surface area contributed by atoms with Gasteiger partial charge >= 0.3 is 0 Å². The zero-order valence-electron chi connectivity index (χ0n) is 13.3. The van der Waals surface area contributed by atoms with Crippen LogP contribution in [-0.4, -0.2) is 23.2 Å². The maximum atomic E-state index is 6.17. The van der Waals surface area contributed by atoms with Crippen LogP contribution in [0.25, 0.3) is 0 Å². The van der Waals surface area contributed by atoms with Crippen LogP contribution in [0, 0.1) is 0 Å². The Balaban J connectivity index is 1.60. The summed E-state index contributed by atoms with van der Waals surface area (Å²) in [6.07, 6.45) is 0.962. The van der Waals surface area contributed by atoms with E-state index in [2.05, 4.69) is 60.1 Å². The van der Waals surface area contributed by atoms with E-state index in [0.717, 1.165) is 19.5 Å². The van der Waals surface area contributed by atoms with E-state index < -0.39 is 0 Å². The third-order valence-electron chi connectivity index (χ3n) is 4.58. The van der Waals surface area contributed by atoms with Gasteiger partial charge in [-0.1, -0.05) is 45.0 Å². The van der Waals surface area contributed by atoms with E-state index in [0.29, 0.717) is 18.4 Å². The minimum Gasteiger partial charge on any atom is -0.364 e. The largest absolute Gasteiger partial charge is 0.364 e. The van der Waals surface area contributed by atoms with Crippen molar-refractivity contribution in [1.82, 2.24) is 10.1 Å². The van der Waals surface area contributed by atoms with E-state index in [4.69, 9.17) is 9.26 Å². The molecule has 1 spiro atoms. The lowest BCUT2D eigenvalue weighted by atomic mass is 9.92. The van der Waals surface area contributed by atoms with Crippen LogP contribution in [0.5, 0.6) is 0 Å². The summed E-state index contributed by atoms with van der Waals surface area (Å²) in [6.45, 7) is 8.60. The molecular formula is C17H21N3O2. The van der Waals surface area contributed by atoms with Gasteiger partial charge < -0.3 is 14.2 Å². The second-order valence-corrected chi connectivity index (χ2v) is 7.26. The first kappa shape index (κ1) is 13.8. The Bertz CT molecular complexity index is 704. The molecule has 5 nitrogen and oxygen atoms in total. The van der Waals surface area contributed by atoms with E-state index in [1.54, 1.807) is 0 Å². The third kappa shape index (κ3) is 2.03. The van der Waals surface area contributed by atoms with Crippen LogP contribution in [0.1, 0.15) is 44.2 Å². The molecule has 5 heteroatoms. The molecule has 4 rings (SSSR count). The average molecular weight is 299 g/mol. The zero-order chi connectivity index (χ0) is 15.4. The topological polar surface area (TPSA) is 51.4 Å². The first-order chi connectivity index (χ1) is 10.5. The molecule has 2 aliphatic rings. The Labute approximate surface area is 130 Å². The van der Waals surface area contributed by atoms with Crippen LogP contribution in [0.3, 0.4) is 0 Å². The van der Waals surface area contributed by atoms with Crippen LogP contribution in [-0.2, 0) is 22.4 Å². The van der Waals surface area contributed by atoms with Gasteiger partial charge in [-0.25, -0.2) is 0 Å². The fourth-order valence-electron chi connectivity index (χ4n) is 3.32. The molecule has 3 heterocycles. The number of anilines is 1. The fraction of sp³-hybridized carbons (Fsp3) is 0.529. The SMILES string of the molecule is CC(C)(C)c1nc(N2CCC3(C2)OCc2ccccc23)no1. The molecule has 116 valence electrons. The van der Waals surface area contributed by atoms with Crippen molar-refractivity contribution in [2.24, 2.45) is 0 Å². The summed E-state index contributed by atoms with van der Waals surface area (Å²) in [5, 5.41) is 4.16. The summed E-state index contributed by atoms with van der Waals surface area (Å²) in [7, 11) is 0. The van der Waals surface area contributed by atoms with Gasteiger partial charge in [0, 0.05) is 12.0 Å². The maximum Gasteiger partial charge on any atom is 0.266 e. The molecule has 0 amide bonds. The Kier molecular flexibility index (Phi) is 2.85. The second-order valence-electron chi connectivity index (χ2n) is 7.26. The normalized spacial score (nSPS) is 24.2. The van der Waals surface area contributed by atoms with Gasteiger partial charge in [-0.05, 0) is 22.7 Å². The molecule has 0 aliphatic carbocycles. The van der Waals surface area contributed by atoms with Crippen molar-refractivity contribution in [2.75, 3.05) is 18.0 Å². The van der Waals surface area contributed by atoms with Crippen molar-refractivity contribution in [3.63, 3.8) is 0 Å². The van der Waals surface area contributed by atoms with Gasteiger partial charge in [0.25, 0.3) is 5.95 Å². The van der Waals surface area contributed by atoms with Crippen molar-refractivity contribution >= 4 is 5.95 Å². The molecule has 0 bridgehead atoms. The van der Waals surface area contributed by atoms with Crippen LogP contribution in [0.15, 0.2) is 28.8 Å². The van der Waals surface area contributed by atoms with Gasteiger partial charge in [0.1, 0.15) is 5.60 Å². The highest BCUT2D eigenvalue weighted by molar-refractivity contribution is 5.42. The van der Waals surface area contributed by atoms with Gasteiger partial charge in [-0.2, -0.15) is 4.98 Å². The summed E-state index contributed by atoms with van der Waals surface area (Å²) in [5.74, 6) is 1.35. The Morgan fingerprint density at radius 3 is 2.82 bits per heavy atom. The summed E-state index contributed by atoms with van der Waals surface area (Å²) in [6, 6.07) is 8.49. The highest BCUT2D eigenvalue weighted by Crippen LogP contribution is 2.44. The lowest BCUT2D eigenvalue weighted by Gasteiger charge is -2.24. The van der Waals surface area contributed by atoms with Gasteiger partial charge in [0.2, 0.25) is 5.89 Å². The van der Waals surface area contributed by atoms with E-state index in [1.807, 2.05) is 0 Å². The monoisotopic (exact) mass is 299 g/mol. The molecule has 1 saturated heterocycles. The summed E-state index contributed by atoms with van der Waals surface area (Å²) in [5.41, 5.74) is 2.28. The molecule has 22 heavy (non-hydrogen) atoms. The smallest absolute Gasteiger partial charge is 0.266 e. The first-order valence-electron chi connectivity index (χ1n) is 7.79. The summed E-state index contributed by atoms with van der Waals surface area (Å²) >= 11 is 0. The zero-order valence-corrected chi connectivity index (χ0v) is 13.3. The first-order valence-corrected chi connectivity index (χ1v) is 7.79. The number of benzene rings is 1. The van der Waals surface area contributed by atoms with Crippen molar-refractivity contribution < 1.29 is 9.26 Å². The molecule has 0 saturated carbocycles. The molecule has 1 aromatic carbocycles. The highest BCUT2D eigenvalue weighted by Gasteiger charge is 2.46. The van der Waals surface area contributed by atoms with Gasteiger partial charge in [-0.3, -0.25) is 0 Å². The van der Waals surface area contributed by atoms with E-state index in [-0.39, 0.29) is 11.0 Å². The summed E-state index contributed by atoms with van der Waals surface area (Å²) in [4.78, 5) is 6.73. The molecule has 1 aromatic heterocycles. The predicted molar refractivity (Wildman–Crippen MR) is 82.7 cm³/mol.